The van der Waals surface area contributed by atoms with Gasteiger partial charge in [-0.05, 0) is 38.1 Å². The van der Waals surface area contributed by atoms with Crippen LogP contribution in [0.5, 0.6) is 0 Å². The van der Waals surface area contributed by atoms with E-state index in [1.54, 1.807) is 0 Å². The summed E-state index contributed by atoms with van der Waals surface area (Å²) in [4.78, 5) is 4.55. The van der Waals surface area contributed by atoms with Crippen LogP contribution in [0.1, 0.15) is 18.9 Å². The van der Waals surface area contributed by atoms with Crippen molar-refractivity contribution in [3.8, 4) is 6.07 Å². The lowest BCUT2D eigenvalue weighted by atomic mass is 10.1. The summed E-state index contributed by atoms with van der Waals surface area (Å²) in [5.74, 6) is 1.57. The molecule has 0 radical (unpaired) electrons. The van der Waals surface area contributed by atoms with Crippen molar-refractivity contribution < 1.29 is 4.74 Å². The van der Waals surface area contributed by atoms with Crippen LogP contribution in [0.25, 0.3) is 15.8 Å². The summed E-state index contributed by atoms with van der Waals surface area (Å²) in [5.41, 5.74) is 2.37. The van der Waals surface area contributed by atoms with Crippen LogP contribution >= 0.6 is 11.3 Å². The van der Waals surface area contributed by atoms with Gasteiger partial charge in [-0.15, -0.1) is 11.3 Å². The maximum Gasteiger partial charge on any atom is 0.135 e. The fourth-order valence-corrected chi connectivity index (χ4v) is 3.13. The number of hydrogen-bond acceptors (Lipinski definition) is 4. The average Bonchev–Trinajstić information content (AvgIpc) is 2.81. The third-order valence-electron chi connectivity index (χ3n) is 2.95. The maximum atomic E-state index is 9.49. The van der Waals surface area contributed by atoms with Gasteiger partial charge in [-0.3, -0.25) is 0 Å². The molecule has 1 aromatic carbocycles. The second kappa shape index (κ2) is 4.95. The standard InChI is InChI=1S/C16H12N2OS/c1-10-7-12(8-11(2)19-10)13(9-17)16-18-14-5-3-4-6-15(14)20-16/h3-8H,1-2H3. The van der Waals surface area contributed by atoms with Crippen molar-refractivity contribution in [2.45, 2.75) is 13.8 Å². The Labute approximate surface area is 121 Å². The van der Waals surface area contributed by atoms with E-state index in [1.165, 1.54) is 11.3 Å². The van der Waals surface area contributed by atoms with E-state index in [0.29, 0.717) is 5.57 Å². The van der Waals surface area contributed by atoms with Gasteiger partial charge >= 0.3 is 0 Å². The molecule has 0 saturated heterocycles. The molecule has 0 saturated carbocycles. The molecule has 0 fully saturated rings. The van der Waals surface area contributed by atoms with Gasteiger partial charge < -0.3 is 4.74 Å². The van der Waals surface area contributed by atoms with Gasteiger partial charge in [0.2, 0.25) is 0 Å². The zero-order valence-corrected chi connectivity index (χ0v) is 12.0. The number of aromatic nitrogens is 1. The number of allylic oxidation sites excluding steroid dienone is 6. The molecule has 1 aliphatic heterocycles. The van der Waals surface area contributed by atoms with Crippen molar-refractivity contribution in [3.05, 3.63) is 58.5 Å². The number of hydrogen-bond donors (Lipinski definition) is 0. The molecular formula is C16H12N2OS. The third kappa shape index (κ3) is 2.24. The molecule has 4 heteroatoms. The maximum absolute atomic E-state index is 9.49. The highest BCUT2D eigenvalue weighted by Gasteiger charge is 2.14. The molecule has 0 unspecified atom stereocenters. The van der Waals surface area contributed by atoms with E-state index in [4.69, 9.17) is 4.74 Å². The predicted octanol–water partition coefficient (Wildman–Crippen LogP) is 4.41. The quantitative estimate of drug-likeness (QED) is 0.727. The second-order valence-corrected chi connectivity index (χ2v) is 5.57. The van der Waals surface area contributed by atoms with Gasteiger partial charge in [-0.25, -0.2) is 4.98 Å². The minimum absolute atomic E-state index is 0.591. The number of para-hydroxylation sites is 1. The van der Waals surface area contributed by atoms with Crippen molar-refractivity contribution in [3.63, 3.8) is 0 Å². The van der Waals surface area contributed by atoms with Gasteiger partial charge in [-0.2, -0.15) is 5.26 Å². The molecule has 98 valence electrons. The number of benzene rings is 1. The Kier molecular flexibility index (Phi) is 3.13. The highest BCUT2D eigenvalue weighted by atomic mass is 32.1. The molecular weight excluding hydrogens is 268 g/mol. The lowest BCUT2D eigenvalue weighted by molar-refractivity contribution is 0.304. The van der Waals surface area contributed by atoms with E-state index in [-0.39, 0.29) is 0 Å². The van der Waals surface area contributed by atoms with E-state index in [9.17, 15) is 5.26 Å². The molecule has 20 heavy (non-hydrogen) atoms. The van der Waals surface area contributed by atoms with Gasteiger partial charge in [0.25, 0.3) is 0 Å². The Morgan fingerprint density at radius 3 is 2.55 bits per heavy atom. The summed E-state index contributed by atoms with van der Waals surface area (Å²) in [6, 6.07) is 10.2. The first-order valence-corrected chi connectivity index (χ1v) is 7.04. The van der Waals surface area contributed by atoms with Gasteiger partial charge in [0.1, 0.15) is 22.6 Å². The Morgan fingerprint density at radius 2 is 1.90 bits per heavy atom. The Balaban J connectivity index is 2.19. The first-order valence-electron chi connectivity index (χ1n) is 6.22. The zero-order valence-electron chi connectivity index (χ0n) is 11.2. The zero-order chi connectivity index (χ0) is 14.1. The number of nitrogens with zero attached hydrogens (tertiary/aromatic N) is 2. The fourth-order valence-electron chi connectivity index (χ4n) is 2.15. The van der Waals surface area contributed by atoms with Crippen molar-refractivity contribution in [1.29, 1.82) is 5.26 Å². The Morgan fingerprint density at radius 1 is 1.20 bits per heavy atom. The van der Waals surface area contributed by atoms with E-state index in [2.05, 4.69) is 11.1 Å². The van der Waals surface area contributed by atoms with Crippen LogP contribution in [0.4, 0.5) is 0 Å². The normalized spacial score (nSPS) is 14.3. The lowest BCUT2D eigenvalue weighted by Crippen LogP contribution is -1.96. The van der Waals surface area contributed by atoms with E-state index >= 15 is 0 Å². The SMILES string of the molecule is CC1=CC(=C(C#N)c2nc3ccccc3s2)C=C(C)O1. The molecule has 2 aromatic rings. The summed E-state index contributed by atoms with van der Waals surface area (Å²) < 4.78 is 6.55. The van der Waals surface area contributed by atoms with Gasteiger partial charge in [0.15, 0.2) is 0 Å². The van der Waals surface area contributed by atoms with Crippen LogP contribution in [-0.4, -0.2) is 4.98 Å². The van der Waals surface area contributed by atoms with E-state index in [1.807, 2.05) is 50.3 Å². The summed E-state index contributed by atoms with van der Waals surface area (Å²) in [6.07, 6.45) is 3.75. The van der Waals surface area contributed by atoms with E-state index in [0.717, 1.165) is 32.3 Å². The van der Waals surface area contributed by atoms with Crippen molar-refractivity contribution in [2.75, 3.05) is 0 Å². The Bertz CT molecular complexity index is 765. The van der Waals surface area contributed by atoms with Gasteiger partial charge in [0.05, 0.1) is 15.8 Å². The van der Waals surface area contributed by atoms with Gasteiger partial charge in [0, 0.05) is 5.57 Å². The summed E-state index contributed by atoms with van der Waals surface area (Å²) in [6.45, 7) is 3.76. The largest absolute Gasteiger partial charge is 0.467 e. The Hall–Kier alpha value is -2.38. The second-order valence-electron chi connectivity index (χ2n) is 4.54. The van der Waals surface area contributed by atoms with Crippen LogP contribution in [0, 0.1) is 11.3 Å². The van der Waals surface area contributed by atoms with Crippen LogP contribution in [0.15, 0.2) is 53.5 Å². The third-order valence-corrected chi connectivity index (χ3v) is 4.00. The molecule has 0 aliphatic carbocycles. The van der Waals surface area contributed by atoms with Gasteiger partial charge in [-0.1, -0.05) is 12.1 Å². The topological polar surface area (TPSA) is 45.9 Å². The highest BCUT2D eigenvalue weighted by molar-refractivity contribution is 7.19. The molecule has 0 amide bonds. The van der Waals surface area contributed by atoms with Crippen LogP contribution < -0.4 is 0 Å². The first kappa shape index (κ1) is 12.6. The average molecular weight is 280 g/mol. The van der Waals surface area contributed by atoms with Crippen LogP contribution in [-0.2, 0) is 4.74 Å². The molecule has 1 aromatic heterocycles. The summed E-state index contributed by atoms with van der Waals surface area (Å²) in [7, 11) is 0. The molecule has 0 atom stereocenters. The first-order chi connectivity index (χ1) is 9.67. The molecule has 1 aliphatic rings. The van der Waals surface area contributed by atoms with Crippen LogP contribution in [0.3, 0.4) is 0 Å². The van der Waals surface area contributed by atoms with Crippen LogP contribution in [0.2, 0.25) is 0 Å². The minimum atomic E-state index is 0.591. The van der Waals surface area contributed by atoms with E-state index < -0.39 is 0 Å². The number of ether oxygens (including phenoxy) is 1. The monoisotopic (exact) mass is 280 g/mol. The lowest BCUT2D eigenvalue weighted by Gasteiger charge is -2.13. The fraction of sp³-hybridized carbons (Fsp3) is 0.125. The molecule has 0 N–H and O–H groups in total. The number of rotatable bonds is 1. The highest BCUT2D eigenvalue weighted by Crippen LogP contribution is 2.31. The minimum Gasteiger partial charge on any atom is -0.467 e. The molecule has 2 heterocycles. The molecule has 3 rings (SSSR count). The summed E-state index contributed by atoms with van der Waals surface area (Å²) >= 11 is 1.54. The van der Waals surface area contributed by atoms with Crippen molar-refractivity contribution >= 4 is 27.1 Å². The predicted molar refractivity (Wildman–Crippen MR) is 80.8 cm³/mol. The number of fused-ring (bicyclic) bond motifs is 1. The number of nitriles is 1. The van der Waals surface area contributed by atoms with Crippen molar-refractivity contribution in [1.82, 2.24) is 4.98 Å². The molecule has 0 spiro atoms. The smallest absolute Gasteiger partial charge is 0.135 e. The number of thiazole rings is 1. The molecule has 0 bridgehead atoms. The van der Waals surface area contributed by atoms with Crippen molar-refractivity contribution in [2.24, 2.45) is 0 Å². The summed E-state index contributed by atoms with van der Waals surface area (Å²) in [5, 5.41) is 10.2. The molecule has 3 nitrogen and oxygen atoms in total.